The molecule has 0 saturated carbocycles. The first-order valence-electron chi connectivity index (χ1n) is 11.7. The van der Waals surface area contributed by atoms with Crippen LogP contribution < -0.4 is 26.4 Å². The molecular weight excluding hydrogens is 542 g/mol. The number of nitrogens with one attached hydrogen (secondary N) is 4. The highest BCUT2D eigenvalue weighted by atomic mass is 16.5. The quantitative estimate of drug-likeness (QED) is 0.0618. The van der Waals surface area contributed by atoms with Crippen LogP contribution in [0.15, 0.2) is 6.07 Å². The fourth-order valence-corrected chi connectivity index (χ4v) is 3.20. The molecule has 0 aliphatic carbocycles. The second-order valence-electron chi connectivity index (χ2n) is 8.51. The molecule has 224 valence electrons. The number of hydrogen-bond acceptors (Lipinski definition) is 13. The Kier molecular flexibility index (Phi) is 13.5. The summed E-state index contributed by atoms with van der Waals surface area (Å²) in [5, 5.41) is 54.3. The van der Waals surface area contributed by atoms with E-state index < -0.39 is 97.4 Å². The largest absolute Gasteiger partial charge is 0.494 e. The van der Waals surface area contributed by atoms with Crippen LogP contribution in [0.5, 0.6) is 17.5 Å². The maximum absolute atomic E-state index is 12.5. The van der Waals surface area contributed by atoms with E-state index in [9.17, 15) is 49.2 Å². The van der Waals surface area contributed by atoms with Gasteiger partial charge >= 0.3 is 5.97 Å². The number of H-pyrrole nitrogens is 1. The lowest BCUT2D eigenvalue weighted by Gasteiger charge is -2.30. The third-order valence-electron chi connectivity index (χ3n) is 5.23. The van der Waals surface area contributed by atoms with Gasteiger partial charge in [-0.25, -0.2) is 0 Å². The molecule has 0 spiro atoms. The van der Waals surface area contributed by atoms with Gasteiger partial charge in [0.25, 0.3) is 0 Å². The van der Waals surface area contributed by atoms with Gasteiger partial charge in [-0.05, 0) is 13.3 Å². The number of nitrogens with two attached hydrogens (primary N) is 1. The SMILES string of the molecule is CC(=O)N[C@@H](C=O)[C@@H](OCC(=O)NC(C)C(=O)NC(CCC(=O)Oc1cc(O)[nH]c1O)C(N)=O)[C@H](O)[C@H](O)CO. The highest BCUT2D eigenvalue weighted by Gasteiger charge is 2.35. The van der Waals surface area contributed by atoms with Gasteiger partial charge in [-0.1, -0.05) is 0 Å². The van der Waals surface area contributed by atoms with Gasteiger partial charge in [0.15, 0.2) is 11.6 Å². The number of hydrogen-bond donors (Lipinski definition) is 10. The van der Waals surface area contributed by atoms with Crippen LogP contribution in [0, 0.1) is 0 Å². The summed E-state index contributed by atoms with van der Waals surface area (Å²) in [5.74, 6) is -5.90. The topological polar surface area (TPSA) is 300 Å². The van der Waals surface area contributed by atoms with E-state index in [4.69, 9.17) is 20.3 Å². The maximum atomic E-state index is 12.5. The second-order valence-corrected chi connectivity index (χ2v) is 8.51. The van der Waals surface area contributed by atoms with E-state index in [1.807, 2.05) is 0 Å². The van der Waals surface area contributed by atoms with Crippen LogP contribution in [0.25, 0.3) is 0 Å². The summed E-state index contributed by atoms with van der Waals surface area (Å²) >= 11 is 0. The first-order chi connectivity index (χ1) is 18.7. The van der Waals surface area contributed by atoms with Crippen molar-refractivity contribution in [1.29, 1.82) is 0 Å². The van der Waals surface area contributed by atoms with Crippen LogP contribution in [0.2, 0.25) is 0 Å². The fraction of sp³-hybridized carbons (Fsp3) is 0.545. The molecule has 0 aliphatic heterocycles. The number of aldehydes is 1. The van der Waals surface area contributed by atoms with Crippen LogP contribution in [-0.4, -0.2) is 116 Å². The monoisotopic (exact) mass is 575 g/mol. The van der Waals surface area contributed by atoms with Gasteiger partial charge in [0.1, 0.15) is 49.3 Å². The number of carbonyl (C=O) groups is 6. The number of aromatic nitrogens is 1. The zero-order valence-corrected chi connectivity index (χ0v) is 21.5. The minimum Gasteiger partial charge on any atom is -0.494 e. The maximum Gasteiger partial charge on any atom is 0.311 e. The van der Waals surface area contributed by atoms with Crippen LogP contribution in [-0.2, 0) is 33.5 Å². The van der Waals surface area contributed by atoms with Crippen molar-refractivity contribution in [2.24, 2.45) is 5.73 Å². The number of esters is 1. The molecule has 18 nitrogen and oxygen atoms in total. The number of aliphatic hydroxyl groups is 3. The average molecular weight is 576 g/mol. The molecule has 18 heteroatoms. The summed E-state index contributed by atoms with van der Waals surface area (Å²) in [6.45, 7) is 0.505. The zero-order valence-electron chi connectivity index (χ0n) is 21.5. The molecule has 0 bridgehead atoms. The van der Waals surface area contributed by atoms with Gasteiger partial charge in [-0.2, -0.15) is 0 Å². The number of primary amides is 1. The summed E-state index contributed by atoms with van der Waals surface area (Å²) in [4.78, 5) is 73.3. The smallest absolute Gasteiger partial charge is 0.311 e. The Morgan fingerprint density at radius 1 is 1.12 bits per heavy atom. The third kappa shape index (κ3) is 10.8. The minimum atomic E-state index is -1.89. The predicted octanol–water partition coefficient (Wildman–Crippen LogP) is -4.61. The Balaban J connectivity index is 2.70. The predicted molar refractivity (Wildman–Crippen MR) is 130 cm³/mol. The number of carbonyl (C=O) groups excluding carboxylic acids is 6. The van der Waals surface area contributed by atoms with Crippen LogP contribution in [0.3, 0.4) is 0 Å². The Morgan fingerprint density at radius 3 is 2.27 bits per heavy atom. The third-order valence-corrected chi connectivity index (χ3v) is 5.23. The Labute approximate surface area is 226 Å². The van der Waals surface area contributed by atoms with E-state index in [0.29, 0.717) is 0 Å². The molecule has 0 aliphatic rings. The number of aliphatic hydroxyl groups excluding tert-OH is 3. The van der Waals surface area contributed by atoms with Crippen LogP contribution in [0.1, 0.15) is 26.7 Å². The van der Waals surface area contributed by atoms with E-state index in [1.54, 1.807) is 0 Å². The molecule has 6 atom stereocenters. The van der Waals surface area contributed by atoms with Crippen LogP contribution >= 0.6 is 0 Å². The van der Waals surface area contributed by atoms with Crippen molar-refractivity contribution < 1.29 is 63.8 Å². The second kappa shape index (κ2) is 16.0. The van der Waals surface area contributed by atoms with Gasteiger partial charge in [0, 0.05) is 19.4 Å². The molecule has 0 aromatic carbocycles. The minimum absolute atomic E-state index is 0.192. The average Bonchev–Trinajstić information content (AvgIpc) is 3.20. The highest BCUT2D eigenvalue weighted by Crippen LogP contribution is 2.29. The molecule has 1 aromatic rings. The Morgan fingerprint density at radius 2 is 1.77 bits per heavy atom. The van der Waals surface area contributed by atoms with Crippen molar-refractivity contribution in [3.05, 3.63) is 6.07 Å². The number of aromatic hydroxyl groups is 2. The number of amides is 4. The van der Waals surface area contributed by atoms with E-state index >= 15 is 0 Å². The van der Waals surface area contributed by atoms with Crippen molar-refractivity contribution in [2.75, 3.05) is 13.2 Å². The lowest BCUT2D eigenvalue weighted by molar-refractivity contribution is -0.146. The summed E-state index contributed by atoms with van der Waals surface area (Å²) in [6, 6.07) is -3.22. The van der Waals surface area contributed by atoms with Crippen LogP contribution in [0.4, 0.5) is 0 Å². The first-order valence-corrected chi connectivity index (χ1v) is 11.7. The molecular formula is C22H33N5O13. The fourth-order valence-electron chi connectivity index (χ4n) is 3.20. The number of ether oxygens (including phenoxy) is 2. The van der Waals surface area contributed by atoms with Gasteiger partial charge in [0.05, 0.1) is 6.61 Å². The molecule has 0 fully saturated rings. The highest BCUT2D eigenvalue weighted by molar-refractivity contribution is 5.91. The van der Waals surface area contributed by atoms with E-state index in [0.717, 1.165) is 13.0 Å². The molecule has 0 saturated heterocycles. The van der Waals surface area contributed by atoms with Gasteiger partial charge < -0.3 is 61.5 Å². The first kappa shape index (κ1) is 33.8. The molecule has 2 unspecified atom stereocenters. The van der Waals surface area contributed by atoms with Crippen molar-refractivity contribution in [3.8, 4) is 17.5 Å². The molecule has 40 heavy (non-hydrogen) atoms. The van der Waals surface area contributed by atoms with Gasteiger partial charge in [-0.3, -0.25) is 29.0 Å². The van der Waals surface area contributed by atoms with Crippen molar-refractivity contribution in [1.82, 2.24) is 20.9 Å². The van der Waals surface area contributed by atoms with Crippen molar-refractivity contribution in [2.45, 2.75) is 63.1 Å². The standard InChI is InChI=1S/C22H33N5O13/c1-9(24-16(33)8-39-19(18(35)13(31)7-29)12(6-28)25-10(2)30)21(37)26-11(20(23)36)3-4-17(34)40-14-5-15(32)27-22(14)38/h5-6,9,11-13,18-19,27,29,31-32,35,38H,3-4,7-8H2,1-2H3,(H2,23,36)(H,24,33)(H,25,30)(H,26,37)/t9?,11?,12-,13+,18+,19+/m0/s1. The Hall–Kier alpha value is -4.26. The summed E-state index contributed by atoms with van der Waals surface area (Å²) in [5.41, 5.74) is 5.26. The molecule has 1 heterocycles. The Bertz CT molecular complexity index is 1060. The lowest BCUT2D eigenvalue weighted by atomic mass is 10.0. The number of rotatable bonds is 17. The summed E-state index contributed by atoms with van der Waals surface area (Å²) in [7, 11) is 0. The molecule has 1 rings (SSSR count). The normalized spacial score (nSPS) is 15.4. The van der Waals surface area contributed by atoms with E-state index in [-0.39, 0.29) is 18.5 Å². The van der Waals surface area contributed by atoms with E-state index in [1.165, 1.54) is 6.92 Å². The molecule has 4 amide bonds. The summed E-state index contributed by atoms with van der Waals surface area (Å²) < 4.78 is 10.0. The molecule has 11 N–H and O–H groups in total. The summed E-state index contributed by atoms with van der Waals surface area (Å²) in [6.07, 6.45) is -5.89. The number of aromatic amines is 1. The van der Waals surface area contributed by atoms with E-state index in [2.05, 4.69) is 20.9 Å². The van der Waals surface area contributed by atoms with Crippen molar-refractivity contribution in [3.63, 3.8) is 0 Å². The molecule has 0 radical (unpaired) electrons. The lowest BCUT2D eigenvalue weighted by Crippen LogP contribution is -2.56. The zero-order chi connectivity index (χ0) is 30.6. The van der Waals surface area contributed by atoms with Crippen molar-refractivity contribution >= 4 is 35.9 Å². The van der Waals surface area contributed by atoms with Gasteiger partial charge in [0.2, 0.25) is 29.5 Å². The molecule has 1 aromatic heterocycles. The van der Waals surface area contributed by atoms with Gasteiger partial charge in [-0.15, -0.1) is 0 Å².